The van der Waals surface area contributed by atoms with Gasteiger partial charge in [-0.3, -0.25) is 4.90 Å². The van der Waals surface area contributed by atoms with Crippen LogP contribution in [0.5, 0.6) is 0 Å². The topological polar surface area (TPSA) is 16.4 Å². The van der Waals surface area contributed by atoms with E-state index >= 15 is 0 Å². The fourth-order valence-corrected chi connectivity index (χ4v) is 3.43. The van der Waals surface area contributed by atoms with E-state index in [4.69, 9.17) is 4.42 Å². The van der Waals surface area contributed by atoms with Crippen LogP contribution in [0.1, 0.15) is 44.7 Å². The van der Waals surface area contributed by atoms with Crippen LogP contribution in [0.25, 0.3) is 0 Å². The second kappa shape index (κ2) is 4.34. The molecule has 92 valence electrons. The van der Waals surface area contributed by atoms with Crippen LogP contribution in [0.3, 0.4) is 0 Å². The first kappa shape index (κ1) is 11.1. The Morgan fingerprint density at radius 1 is 1.35 bits per heavy atom. The number of hydrogen-bond acceptors (Lipinski definition) is 2. The van der Waals surface area contributed by atoms with Crippen LogP contribution in [0.4, 0.5) is 0 Å². The summed E-state index contributed by atoms with van der Waals surface area (Å²) in [6.45, 7) is 5.78. The molecule has 0 spiro atoms. The lowest BCUT2D eigenvalue weighted by molar-refractivity contribution is 0.0482. The molecule has 0 aliphatic carbocycles. The number of furan rings is 1. The van der Waals surface area contributed by atoms with Crippen LogP contribution in [-0.2, 0) is 0 Å². The Bertz CT molecular complexity index is 407. The van der Waals surface area contributed by atoms with E-state index in [2.05, 4.69) is 30.9 Å². The third-order valence-corrected chi connectivity index (χ3v) is 4.45. The van der Waals surface area contributed by atoms with Gasteiger partial charge in [-0.15, -0.1) is 0 Å². The summed E-state index contributed by atoms with van der Waals surface area (Å²) in [5.74, 6) is 0.822. The fraction of sp³-hybridized carbons (Fsp3) is 0.600. The molecule has 3 rings (SSSR count). The van der Waals surface area contributed by atoms with Crippen molar-refractivity contribution < 1.29 is 4.42 Å². The number of hydrogen-bond donors (Lipinski definition) is 0. The number of piperidine rings is 1. The highest BCUT2D eigenvalue weighted by Gasteiger charge is 2.37. The Kier molecular flexibility index (Phi) is 2.83. The molecule has 0 amide bonds. The van der Waals surface area contributed by atoms with Gasteiger partial charge in [-0.05, 0) is 38.2 Å². The molecule has 0 bridgehead atoms. The molecule has 3 heterocycles. The third kappa shape index (κ3) is 1.95. The van der Waals surface area contributed by atoms with Gasteiger partial charge in [0.05, 0.1) is 12.5 Å². The Morgan fingerprint density at radius 3 is 3.00 bits per heavy atom. The molecule has 1 fully saturated rings. The van der Waals surface area contributed by atoms with Gasteiger partial charge in [-0.1, -0.05) is 18.6 Å². The summed E-state index contributed by atoms with van der Waals surface area (Å²) in [7, 11) is 0. The summed E-state index contributed by atoms with van der Waals surface area (Å²) < 4.78 is 5.26. The molecule has 1 saturated heterocycles. The predicted molar refractivity (Wildman–Crippen MR) is 68.7 cm³/mol. The SMILES string of the molecule is CC1=CC[C@H]2[C@H](C)CC[C@@H](c3ccoc3)N2C1. The van der Waals surface area contributed by atoms with Crippen molar-refractivity contribution >= 4 is 0 Å². The molecule has 0 unspecified atom stereocenters. The smallest absolute Gasteiger partial charge is 0.0950 e. The molecule has 2 nitrogen and oxygen atoms in total. The maximum Gasteiger partial charge on any atom is 0.0950 e. The van der Waals surface area contributed by atoms with Crippen LogP contribution in [0.2, 0.25) is 0 Å². The largest absolute Gasteiger partial charge is 0.472 e. The summed E-state index contributed by atoms with van der Waals surface area (Å²) in [5.41, 5.74) is 2.88. The molecular formula is C15H21NO. The monoisotopic (exact) mass is 231 g/mol. The van der Waals surface area contributed by atoms with E-state index in [1.165, 1.54) is 30.4 Å². The Hall–Kier alpha value is -1.02. The molecular weight excluding hydrogens is 210 g/mol. The first-order valence-electron chi connectivity index (χ1n) is 6.69. The minimum absolute atomic E-state index is 0.568. The molecule has 0 radical (unpaired) electrons. The zero-order valence-electron chi connectivity index (χ0n) is 10.7. The van der Waals surface area contributed by atoms with Crippen molar-refractivity contribution in [2.75, 3.05) is 6.54 Å². The lowest BCUT2D eigenvalue weighted by atomic mass is 9.81. The Balaban J connectivity index is 1.89. The average molecular weight is 231 g/mol. The minimum Gasteiger partial charge on any atom is -0.472 e. The van der Waals surface area contributed by atoms with Gasteiger partial charge in [0.1, 0.15) is 0 Å². The number of fused-ring (bicyclic) bond motifs is 1. The van der Waals surface area contributed by atoms with Crippen molar-refractivity contribution in [3.63, 3.8) is 0 Å². The Morgan fingerprint density at radius 2 is 2.24 bits per heavy atom. The average Bonchev–Trinajstić information content (AvgIpc) is 2.83. The van der Waals surface area contributed by atoms with Crippen LogP contribution in [-0.4, -0.2) is 17.5 Å². The zero-order chi connectivity index (χ0) is 11.8. The highest BCUT2D eigenvalue weighted by atomic mass is 16.3. The van der Waals surface area contributed by atoms with Crippen molar-refractivity contribution in [1.82, 2.24) is 4.90 Å². The number of nitrogens with zero attached hydrogens (tertiary/aromatic N) is 1. The van der Waals surface area contributed by atoms with Crippen LogP contribution in [0.15, 0.2) is 34.7 Å². The lowest BCUT2D eigenvalue weighted by Gasteiger charge is -2.47. The molecule has 1 aromatic heterocycles. The third-order valence-electron chi connectivity index (χ3n) is 4.45. The van der Waals surface area contributed by atoms with E-state index in [-0.39, 0.29) is 0 Å². The van der Waals surface area contributed by atoms with Crippen LogP contribution in [0, 0.1) is 5.92 Å². The molecule has 0 saturated carbocycles. The van der Waals surface area contributed by atoms with E-state index in [9.17, 15) is 0 Å². The van der Waals surface area contributed by atoms with Gasteiger partial charge in [0.2, 0.25) is 0 Å². The molecule has 0 N–H and O–H groups in total. The number of rotatable bonds is 1. The Labute approximate surface area is 103 Å². The van der Waals surface area contributed by atoms with Crippen molar-refractivity contribution in [3.05, 3.63) is 35.8 Å². The van der Waals surface area contributed by atoms with E-state index < -0.39 is 0 Å². The first-order valence-corrected chi connectivity index (χ1v) is 6.69. The van der Waals surface area contributed by atoms with E-state index in [0.717, 1.165) is 18.5 Å². The lowest BCUT2D eigenvalue weighted by Crippen LogP contribution is -2.48. The van der Waals surface area contributed by atoms with Gasteiger partial charge in [-0.25, -0.2) is 0 Å². The van der Waals surface area contributed by atoms with E-state index in [1.54, 1.807) is 6.26 Å². The fourth-order valence-electron chi connectivity index (χ4n) is 3.43. The second-order valence-corrected chi connectivity index (χ2v) is 5.65. The van der Waals surface area contributed by atoms with Crippen molar-refractivity contribution in [2.45, 2.75) is 45.2 Å². The van der Waals surface area contributed by atoms with Gasteiger partial charge < -0.3 is 4.42 Å². The molecule has 3 atom stereocenters. The summed E-state index contributed by atoms with van der Waals surface area (Å²) in [6.07, 6.45) is 9.98. The molecule has 0 aromatic carbocycles. The van der Waals surface area contributed by atoms with Gasteiger partial charge in [0, 0.05) is 24.2 Å². The molecule has 2 heteroatoms. The highest BCUT2D eigenvalue weighted by molar-refractivity contribution is 5.18. The summed E-state index contributed by atoms with van der Waals surface area (Å²) in [6, 6.07) is 3.43. The van der Waals surface area contributed by atoms with Crippen molar-refractivity contribution in [2.24, 2.45) is 5.92 Å². The second-order valence-electron chi connectivity index (χ2n) is 5.65. The summed E-state index contributed by atoms with van der Waals surface area (Å²) >= 11 is 0. The maximum atomic E-state index is 5.26. The minimum atomic E-state index is 0.568. The standard InChI is InChI=1S/C15H21NO/c1-11-3-5-14-12(2)4-6-15(16(14)9-11)13-7-8-17-10-13/h3,7-8,10,12,14-15H,4-6,9H2,1-2H3/t12-,14+,15+/m1/s1. The zero-order valence-corrected chi connectivity index (χ0v) is 10.7. The molecule has 17 heavy (non-hydrogen) atoms. The highest BCUT2D eigenvalue weighted by Crippen LogP contribution is 2.40. The predicted octanol–water partition coefficient (Wildman–Crippen LogP) is 3.77. The van der Waals surface area contributed by atoms with Crippen LogP contribution >= 0.6 is 0 Å². The molecule has 2 aliphatic rings. The molecule has 1 aromatic rings. The summed E-state index contributed by atoms with van der Waals surface area (Å²) in [4.78, 5) is 2.69. The van der Waals surface area contributed by atoms with Gasteiger partial charge in [-0.2, -0.15) is 0 Å². The quantitative estimate of drug-likeness (QED) is 0.684. The van der Waals surface area contributed by atoms with Crippen LogP contribution < -0.4 is 0 Å². The van der Waals surface area contributed by atoms with Gasteiger partial charge >= 0.3 is 0 Å². The molecule has 2 aliphatic heterocycles. The van der Waals surface area contributed by atoms with Crippen molar-refractivity contribution in [1.29, 1.82) is 0 Å². The van der Waals surface area contributed by atoms with Crippen molar-refractivity contribution in [3.8, 4) is 0 Å². The van der Waals surface area contributed by atoms with E-state index in [1.807, 2.05) is 6.26 Å². The van der Waals surface area contributed by atoms with E-state index in [0.29, 0.717) is 6.04 Å². The summed E-state index contributed by atoms with van der Waals surface area (Å²) in [5, 5.41) is 0. The van der Waals surface area contributed by atoms with Gasteiger partial charge in [0.25, 0.3) is 0 Å². The maximum absolute atomic E-state index is 5.26. The normalized spacial score (nSPS) is 34.2. The first-order chi connectivity index (χ1) is 8.25. The van der Waals surface area contributed by atoms with Gasteiger partial charge in [0.15, 0.2) is 0 Å².